The van der Waals surface area contributed by atoms with Crippen LogP contribution in [0.4, 0.5) is 5.82 Å². The van der Waals surface area contributed by atoms with Crippen molar-refractivity contribution in [2.45, 2.75) is 32.5 Å². The van der Waals surface area contributed by atoms with Crippen LogP contribution in [-0.2, 0) is 29.1 Å². The number of aliphatic hydroxyl groups is 1. The molecule has 1 aromatic carbocycles. The van der Waals surface area contributed by atoms with E-state index in [4.69, 9.17) is 0 Å². The van der Waals surface area contributed by atoms with Gasteiger partial charge in [0.15, 0.2) is 0 Å². The maximum absolute atomic E-state index is 12.2. The molecule has 0 radical (unpaired) electrons. The molecule has 0 aliphatic carbocycles. The van der Waals surface area contributed by atoms with Gasteiger partial charge < -0.3 is 20.6 Å². The molecule has 27 heavy (non-hydrogen) atoms. The lowest BCUT2D eigenvalue weighted by molar-refractivity contribution is -0.129. The van der Waals surface area contributed by atoms with E-state index >= 15 is 0 Å². The van der Waals surface area contributed by atoms with E-state index in [1.807, 2.05) is 18.2 Å². The fourth-order valence-corrected chi connectivity index (χ4v) is 3.27. The summed E-state index contributed by atoms with van der Waals surface area (Å²) in [7, 11) is 0. The molecule has 3 N–H and O–H groups in total. The molecule has 3 rings (SSSR count). The first-order valence-electron chi connectivity index (χ1n) is 8.99. The van der Waals surface area contributed by atoms with Gasteiger partial charge in [0.1, 0.15) is 11.9 Å². The van der Waals surface area contributed by atoms with Gasteiger partial charge in [-0.1, -0.05) is 30.3 Å². The molecule has 0 saturated carbocycles. The Morgan fingerprint density at radius 2 is 2.00 bits per heavy atom. The van der Waals surface area contributed by atoms with Crippen LogP contribution in [0.25, 0.3) is 0 Å². The highest BCUT2D eigenvalue weighted by atomic mass is 16.3. The smallest absolute Gasteiger partial charge is 0.245 e. The molecule has 7 nitrogen and oxygen atoms in total. The zero-order valence-electron chi connectivity index (χ0n) is 15.3. The summed E-state index contributed by atoms with van der Waals surface area (Å²) in [6, 6.07) is 11.2. The van der Waals surface area contributed by atoms with Crippen LogP contribution in [0.1, 0.15) is 23.6 Å². The van der Waals surface area contributed by atoms with Crippen LogP contribution in [0.3, 0.4) is 0 Å². The van der Waals surface area contributed by atoms with Gasteiger partial charge in [0.2, 0.25) is 11.8 Å². The van der Waals surface area contributed by atoms with E-state index in [9.17, 15) is 14.7 Å². The quantitative estimate of drug-likeness (QED) is 0.700. The van der Waals surface area contributed by atoms with Crippen LogP contribution < -0.4 is 15.5 Å². The molecular formula is C20H24N4O3. The second-order valence-corrected chi connectivity index (χ2v) is 6.58. The number of rotatable bonds is 6. The second kappa shape index (κ2) is 8.64. The number of carbonyl (C=O) groups excluding carboxylic acids is 2. The van der Waals surface area contributed by atoms with Crippen molar-refractivity contribution in [2.24, 2.45) is 0 Å². The maximum Gasteiger partial charge on any atom is 0.245 e. The first-order chi connectivity index (χ1) is 13.1. The number of aromatic nitrogens is 1. The number of pyridine rings is 1. The third kappa shape index (κ3) is 4.62. The second-order valence-electron chi connectivity index (χ2n) is 6.58. The molecule has 1 atom stereocenters. The van der Waals surface area contributed by atoms with E-state index in [1.54, 1.807) is 6.20 Å². The van der Waals surface area contributed by atoms with Gasteiger partial charge in [0.25, 0.3) is 0 Å². The van der Waals surface area contributed by atoms with Gasteiger partial charge >= 0.3 is 0 Å². The third-order valence-electron chi connectivity index (χ3n) is 4.63. The lowest BCUT2D eigenvalue weighted by atomic mass is 9.99. The number of carbonyl (C=O) groups is 2. The number of fused-ring (bicyclic) bond motifs is 1. The minimum atomic E-state index is -0.954. The van der Waals surface area contributed by atoms with Gasteiger partial charge in [-0.05, 0) is 23.6 Å². The fourth-order valence-electron chi connectivity index (χ4n) is 3.27. The molecule has 1 aliphatic rings. The number of aliphatic hydroxyl groups excluding tert-OH is 1. The average molecular weight is 368 g/mol. The van der Waals surface area contributed by atoms with Gasteiger partial charge in [-0.25, -0.2) is 4.98 Å². The summed E-state index contributed by atoms with van der Waals surface area (Å²) in [4.78, 5) is 30.1. The van der Waals surface area contributed by atoms with Crippen molar-refractivity contribution in [2.75, 3.05) is 18.1 Å². The zero-order chi connectivity index (χ0) is 19.2. The number of nitrogens with one attached hydrogen (secondary N) is 2. The van der Waals surface area contributed by atoms with Gasteiger partial charge in [-0.15, -0.1) is 0 Å². The zero-order valence-corrected chi connectivity index (χ0v) is 15.3. The molecule has 0 saturated heterocycles. The molecule has 2 aromatic rings. The van der Waals surface area contributed by atoms with Crippen LogP contribution in [0.2, 0.25) is 0 Å². The Morgan fingerprint density at radius 3 is 2.74 bits per heavy atom. The summed E-state index contributed by atoms with van der Waals surface area (Å²) in [5, 5.41) is 14.5. The number of nitrogens with zero attached hydrogens (tertiary/aromatic N) is 2. The topological polar surface area (TPSA) is 94.6 Å². The number of anilines is 1. The van der Waals surface area contributed by atoms with Crippen LogP contribution in [-0.4, -0.2) is 41.1 Å². The Kier molecular flexibility index (Phi) is 6.03. The van der Waals surface area contributed by atoms with Crippen LogP contribution in [0, 0.1) is 0 Å². The predicted molar refractivity (Wildman–Crippen MR) is 102 cm³/mol. The Balaban J connectivity index is 1.70. The molecule has 1 aliphatic heterocycles. The fraction of sp³-hybridized carbons (Fsp3) is 0.350. The minimum Gasteiger partial charge on any atom is -0.394 e. The maximum atomic E-state index is 12.2. The summed E-state index contributed by atoms with van der Waals surface area (Å²) < 4.78 is 0. The molecule has 0 bridgehead atoms. The van der Waals surface area contributed by atoms with E-state index in [-0.39, 0.29) is 12.5 Å². The summed E-state index contributed by atoms with van der Waals surface area (Å²) in [5.74, 6) is 0.0529. The van der Waals surface area contributed by atoms with Crippen molar-refractivity contribution >= 4 is 17.6 Å². The Hall–Kier alpha value is -2.93. The molecule has 1 aromatic heterocycles. The average Bonchev–Trinajstić information content (AvgIpc) is 2.70. The number of amides is 2. The van der Waals surface area contributed by atoms with Crippen LogP contribution in [0.5, 0.6) is 0 Å². The Bertz CT molecular complexity index is 824. The van der Waals surface area contributed by atoms with Gasteiger partial charge in [0.05, 0.1) is 6.61 Å². The summed E-state index contributed by atoms with van der Waals surface area (Å²) >= 11 is 0. The molecule has 0 unspecified atom stereocenters. The van der Waals surface area contributed by atoms with E-state index in [2.05, 4.69) is 38.7 Å². The van der Waals surface area contributed by atoms with E-state index in [0.717, 1.165) is 30.9 Å². The SMILES string of the molecule is CC(=O)N[C@H](CO)C(=O)NCc1cccnc1N1CCc2ccccc2C1. The normalized spacial score (nSPS) is 14.2. The van der Waals surface area contributed by atoms with E-state index in [0.29, 0.717) is 0 Å². The molecule has 2 heterocycles. The van der Waals surface area contributed by atoms with Crippen molar-refractivity contribution in [3.8, 4) is 0 Å². The number of hydrogen-bond acceptors (Lipinski definition) is 5. The summed E-state index contributed by atoms with van der Waals surface area (Å²) in [6.45, 7) is 2.77. The molecule has 0 fully saturated rings. The van der Waals surface area contributed by atoms with Crippen molar-refractivity contribution < 1.29 is 14.7 Å². The minimum absolute atomic E-state index is 0.274. The lowest BCUT2D eigenvalue weighted by Crippen LogP contribution is -2.48. The van der Waals surface area contributed by atoms with Gasteiger partial charge in [-0.3, -0.25) is 9.59 Å². The van der Waals surface area contributed by atoms with Crippen molar-refractivity contribution in [3.63, 3.8) is 0 Å². The largest absolute Gasteiger partial charge is 0.394 e. The van der Waals surface area contributed by atoms with E-state index in [1.165, 1.54) is 18.1 Å². The third-order valence-corrected chi connectivity index (χ3v) is 4.63. The number of benzene rings is 1. The van der Waals surface area contributed by atoms with Gasteiger partial charge in [-0.2, -0.15) is 0 Å². The molecule has 7 heteroatoms. The molecular weight excluding hydrogens is 344 g/mol. The van der Waals surface area contributed by atoms with Crippen LogP contribution in [0.15, 0.2) is 42.6 Å². The van der Waals surface area contributed by atoms with Crippen LogP contribution >= 0.6 is 0 Å². The summed E-state index contributed by atoms with van der Waals surface area (Å²) in [5.41, 5.74) is 3.54. The van der Waals surface area contributed by atoms with E-state index < -0.39 is 18.6 Å². The lowest BCUT2D eigenvalue weighted by Gasteiger charge is -2.31. The highest BCUT2D eigenvalue weighted by Crippen LogP contribution is 2.25. The Morgan fingerprint density at radius 1 is 1.22 bits per heavy atom. The Labute approximate surface area is 158 Å². The van der Waals surface area contributed by atoms with Crippen molar-refractivity contribution in [1.29, 1.82) is 0 Å². The molecule has 0 spiro atoms. The highest BCUT2D eigenvalue weighted by Gasteiger charge is 2.21. The molecule has 2 amide bonds. The first-order valence-corrected chi connectivity index (χ1v) is 8.99. The van der Waals surface area contributed by atoms with Crippen molar-refractivity contribution in [1.82, 2.24) is 15.6 Å². The predicted octanol–water partition coefficient (Wildman–Crippen LogP) is 0.758. The molecule has 142 valence electrons. The van der Waals surface area contributed by atoms with Gasteiger partial charge in [0, 0.05) is 38.3 Å². The summed E-state index contributed by atoms with van der Waals surface area (Å²) in [6.07, 6.45) is 2.70. The number of hydrogen-bond donors (Lipinski definition) is 3. The first kappa shape index (κ1) is 18.8. The highest BCUT2D eigenvalue weighted by molar-refractivity contribution is 5.86. The van der Waals surface area contributed by atoms with Crippen molar-refractivity contribution in [3.05, 3.63) is 59.3 Å². The standard InChI is InChI=1S/C20H24N4O3/c1-14(26)23-18(13-25)20(27)22-11-16-7-4-9-21-19(16)24-10-8-15-5-2-3-6-17(15)12-24/h2-7,9,18,25H,8,10-13H2,1H3,(H,22,27)(H,23,26)/t18-/m1/s1. The monoisotopic (exact) mass is 368 g/mol.